The van der Waals surface area contributed by atoms with Gasteiger partial charge in [0.05, 0.1) is 23.9 Å². The normalized spacial score (nSPS) is 33.6. The third-order valence-corrected chi connectivity index (χ3v) is 3.95. The molecule has 0 aliphatic carbocycles. The Labute approximate surface area is 140 Å². The second kappa shape index (κ2) is 8.70. The van der Waals surface area contributed by atoms with Crippen LogP contribution in [0.15, 0.2) is 24.3 Å². The molecule has 24 heavy (non-hydrogen) atoms. The summed E-state index contributed by atoms with van der Waals surface area (Å²) in [6.45, 7) is 5.95. The quantitative estimate of drug-likeness (QED) is 0.225. The van der Waals surface area contributed by atoms with E-state index in [1.807, 2.05) is 0 Å². The highest BCUT2D eigenvalue weighted by Gasteiger charge is 2.44. The molecule has 2 unspecified atom stereocenters. The maximum Gasteiger partial charge on any atom is 0.336 e. The number of hydrogen-bond donors (Lipinski definition) is 5. The van der Waals surface area contributed by atoms with Crippen LogP contribution in [-0.2, 0) is 14.3 Å². The molecule has 0 radical (unpaired) electrons. The van der Waals surface area contributed by atoms with Crippen LogP contribution >= 0.6 is 0 Å². The van der Waals surface area contributed by atoms with E-state index in [9.17, 15) is 30.3 Å². The van der Waals surface area contributed by atoms with Gasteiger partial charge in [-0.15, -0.1) is 6.58 Å². The molecule has 0 amide bonds. The number of carbonyl (C=O) groups excluding carboxylic acids is 1. The van der Waals surface area contributed by atoms with Crippen LogP contribution in [0, 0.1) is 0 Å². The average molecular weight is 346 g/mol. The van der Waals surface area contributed by atoms with Crippen molar-refractivity contribution in [2.75, 3.05) is 6.61 Å². The predicted octanol–water partition coefficient (Wildman–Crippen LogP) is -1.01. The van der Waals surface area contributed by atoms with Crippen molar-refractivity contribution in [1.82, 2.24) is 0 Å². The average Bonchev–Trinajstić information content (AvgIpc) is 2.53. The highest BCUT2D eigenvalue weighted by molar-refractivity contribution is 5.88. The molecule has 0 aromatic carbocycles. The van der Waals surface area contributed by atoms with Crippen LogP contribution in [0.4, 0.5) is 0 Å². The van der Waals surface area contributed by atoms with Crippen molar-refractivity contribution in [2.24, 2.45) is 0 Å². The van der Waals surface area contributed by atoms with E-state index in [1.165, 1.54) is 19.1 Å². The molecule has 1 heterocycles. The fourth-order valence-corrected chi connectivity index (χ4v) is 2.24. The summed E-state index contributed by atoms with van der Waals surface area (Å²) < 4.78 is 10.1. The maximum absolute atomic E-state index is 12.1. The molecule has 1 aliphatic rings. The van der Waals surface area contributed by atoms with E-state index in [4.69, 9.17) is 9.47 Å². The largest absolute Gasteiger partial charge is 0.453 e. The van der Waals surface area contributed by atoms with E-state index in [2.05, 4.69) is 6.58 Å². The fourth-order valence-electron chi connectivity index (χ4n) is 2.24. The summed E-state index contributed by atoms with van der Waals surface area (Å²) >= 11 is 0. The van der Waals surface area contributed by atoms with Crippen molar-refractivity contribution in [2.45, 2.75) is 63.0 Å². The van der Waals surface area contributed by atoms with Gasteiger partial charge in [0.25, 0.3) is 0 Å². The molecule has 138 valence electrons. The zero-order valence-corrected chi connectivity index (χ0v) is 13.8. The minimum atomic E-state index is -1.61. The van der Waals surface area contributed by atoms with Crippen molar-refractivity contribution in [3.8, 4) is 0 Å². The van der Waals surface area contributed by atoms with Crippen LogP contribution in [0.25, 0.3) is 0 Å². The van der Waals surface area contributed by atoms with Crippen molar-refractivity contribution in [3.05, 3.63) is 24.3 Å². The van der Waals surface area contributed by atoms with E-state index in [0.717, 1.165) is 0 Å². The van der Waals surface area contributed by atoms with Gasteiger partial charge in [-0.05, 0) is 26.7 Å². The summed E-state index contributed by atoms with van der Waals surface area (Å²) in [5.74, 6) is -0.876. The number of aliphatic hydroxyl groups is 5. The standard InChI is InChI=1S/C16H26O8/c1-4-16(3,22)7-5-6-10(8-17)14(20)24-13-9(2)23-15(21)12(19)11(13)18/h4,6,9,11-13,15,17-19,21-22H,1,5,7-8H2,2-3H3/b10-6+/t9-,11-,12-,13-,15?,16?/m1/s1. The zero-order valence-electron chi connectivity index (χ0n) is 13.8. The van der Waals surface area contributed by atoms with E-state index in [-0.39, 0.29) is 5.57 Å². The van der Waals surface area contributed by atoms with Crippen LogP contribution in [-0.4, -0.2) is 74.4 Å². The van der Waals surface area contributed by atoms with Gasteiger partial charge in [0.1, 0.15) is 12.2 Å². The van der Waals surface area contributed by atoms with E-state index in [0.29, 0.717) is 12.8 Å². The van der Waals surface area contributed by atoms with Gasteiger partial charge in [0.15, 0.2) is 12.4 Å². The lowest BCUT2D eigenvalue weighted by atomic mass is 9.99. The molecule has 1 saturated heterocycles. The smallest absolute Gasteiger partial charge is 0.336 e. The predicted molar refractivity (Wildman–Crippen MR) is 83.7 cm³/mol. The third-order valence-electron chi connectivity index (χ3n) is 3.95. The first kappa shape index (κ1) is 20.8. The summed E-state index contributed by atoms with van der Waals surface area (Å²) in [5, 5.41) is 48.0. The summed E-state index contributed by atoms with van der Waals surface area (Å²) in [4.78, 5) is 12.1. The van der Waals surface area contributed by atoms with Crippen LogP contribution in [0.1, 0.15) is 26.7 Å². The Kier molecular flexibility index (Phi) is 7.53. The van der Waals surface area contributed by atoms with Gasteiger partial charge in [0, 0.05) is 0 Å². The van der Waals surface area contributed by atoms with Crippen molar-refractivity contribution < 1.29 is 39.8 Å². The van der Waals surface area contributed by atoms with Gasteiger partial charge in [-0.3, -0.25) is 0 Å². The summed E-state index contributed by atoms with van der Waals surface area (Å²) in [7, 11) is 0. The Hall–Kier alpha value is -1.29. The van der Waals surface area contributed by atoms with Gasteiger partial charge >= 0.3 is 5.97 Å². The Morgan fingerprint density at radius 1 is 1.33 bits per heavy atom. The SMILES string of the molecule is C=CC(C)(O)CC/C=C(\CO)C(=O)O[C@H]1[C@H](O)[C@@H](O)C(O)O[C@@H]1C. The van der Waals surface area contributed by atoms with Crippen molar-refractivity contribution in [3.63, 3.8) is 0 Å². The fraction of sp³-hybridized carbons (Fsp3) is 0.688. The minimum absolute atomic E-state index is 0.0464. The lowest BCUT2D eigenvalue weighted by Gasteiger charge is -2.38. The molecule has 0 aromatic rings. The number of allylic oxidation sites excluding steroid dienone is 1. The lowest BCUT2D eigenvalue weighted by molar-refractivity contribution is -0.280. The number of hydrogen-bond acceptors (Lipinski definition) is 8. The molecule has 8 nitrogen and oxygen atoms in total. The van der Waals surface area contributed by atoms with Crippen LogP contribution in [0.2, 0.25) is 0 Å². The molecule has 0 saturated carbocycles. The number of carbonyl (C=O) groups is 1. The molecule has 5 N–H and O–H groups in total. The molecule has 1 rings (SSSR count). The number of aliphatic hydroxyl groups excluding tert-OH is 4. The number of ether oxygens (including phenoxy) is 2. The summed E-state index contributed by atoms with van der Waals surface area (Å²) in [5.41, 5.74) is -1.14. The molecule has 0 bridgehead atoms. The molecular weight excluding hydrogens is 320 g/mol. The molecule has 1 aliphatic heterocycles. The van der Waals surface area contributed by atoms with Gasteiger partial charge in [-0.1, -0.05) is 12.2 Å². The Morgan fingerprint density at radius 3 is 2.50 bits per heavy atom. The van der Waals surface area contributed by atoms with Gasteiger partial charge in [-0.2, -0.15) is 0 Å². The van der Waals surface area contributed by atoms with E-state index in [1.54, 1.807) is 6.92 Å². The molecule has 0 aromatic heterocycles. The topological polar surface area (TPSA) is 137 Å². The first-order valence-electron chi connectivity index (χ1n) is 7.69. The zero-order chi connectivity index (χ0) is 18.5. The third kappa shape index (κ3) is 5.37. The van der Waals surface area contributed by atoms with Crippen LogP contribution < -0.4 is 0 Å². The molecule has 1 fully saturated rings. The number of esters is 1. The molecule has 0 spiro atoms. The molecule has 8 heteroatoms. The minimum Gasteiger partial charge on any atom is -0.453 e. The Balaban J connectivity index is 2.71. The van der Waals surface area contributed by atoms with E-state index < -0.39 is 48.9 Å². The Bertz CT molecular complexity index is 473. The molecule has 6 atom stereocenters. The highest BCUT2D eigenvalue weighted by atomic mass is 16.7. The van der Waals surface area contributed by atoms with Gasteiger partial charge in [-0.25, -0.2) is 4.79 Å². The first-order valence-corrected chi connectivity index (χ1v) is 7.69. The maximum atomic E-state index is 12.1. The lowest BCUT2D eigenvalue weighted by Crippen LogP contribution is -2.58. The van der Waals surface area contributed by atoms with Crippen molar-refractivity contribution >= 4 is 5.97 Å². The monoisotopic (exact) mass is 346 g/mol. The van der Waals surface area contributed by atoms with E-state index >= 15 is 0 Å². The first-order chi connectivity index (χ1) is 11.1. The van der Waals surface area contributed by atoms with Gasteiger partial charge in [0.2, 0.25) is 0 Å². The van der Waals surface area contributed by atoms with Crippen molar-refractivity contribution in [1.29, 1.82) is 0 Å². The number of rotatable bonds is 7. The second-order valence-corrected chi connectivity index (χ2v) is 6.07. The van der Waals surface area contributed by atoms with Crippen LogP contribution in [0.3, 0.4) is 0 Å². The molecular formula is C16H26O8. The second-order valence-electron chi connectivity index (χ2n) is 6.07. The Morgan fingerprint density at radius 2 is 1.96 bits per heavy atom. The summed E-state index contributed by atoms with van der Waals surface area (Å²) in [6, 6.07) is 0. The summed E-state index contributed by atoms with van der Waals surface area (Å²) in [6.07, 6.45) is -3.34. The van der Waals surface area contributed by atoms with Crippen LogP contribution in [0.5, 0.6) is 0 Å². The highest BCUT2D eigenvalue weighted by Crippen LogP contribution is 2.23. The van der Waals surface area contributed by atoms with Gasteiger partial charge < -0.3 is 35.0 Å².